The molecule has 1 heterocycles. The van der Waals surface area contributed by atoms with Crippen molar-refractivity contribution in [3.8, 4) is 5.75 Å². The smallest absolute Gasteiger partial charge is 0.308 e. The molecule has 0 spiro atoms. The third-order valence-electron chi connectivity index (χ3n) is 6.27. The van der Waals surface area contributed by atoms with Crippen molar-refractivity contribution in [1.82, 2.24) is 0 Å². The number of ketones is 1. The number of rotatable bonds is 11. The molecule has 7 nitrogen and oxygen atoms in total. The van der Waals surface area contributed by atoms with Gasteiger partial charge in [-0.15, -0.1) is 0 Å². The molecule has 1 aromatic heterocycles. The van der Waals surface area contributed by atoms with Crippen LogP contribution < -0.4 is 10.2 Å². The summed E-state index contributed by atoms with van der Waals surface area (Å²) in [7, 11) is 1.58. The zero-order valence-electron chi connectivity index (χ0n) is 20.4. The van der Waals surface area contributed by atoms with E-state index in [9.17, 15) is 19.5 Å². The minimum atomic E-state index is -1.05. The van der Waals surface area contributed by atoms with E-state index in [1.54, 1.807) is 46.9 Å². The van der Waals surface area contributed by atoms with E-state index in [0.29, 0.717) is 34.8 Å². The summed E-state index contributed by atoms with van der Waals surface area (Å²) >= 11 is 0. The molecule has 0 unspecified atom stereocenters. The van der Waals surface area contributed by atoms with Crippen molar-refractivity contribution in [2.75, 3.05) is 7.11 Å². The van der Waals surface area contributed by atoms with Gasteiger partial charge in [0.1, 0.15) is 23.1 Å². The molecule has 0 amide bonds. The first kappa shape index (κ1) is 26.3. The van der Waals surface area contributed by atoms with Crippen LogP contribution in [0.4, 0.5) is 0 Å². The molecule has 0 saturated carbocycles. The predicted octanol–water partition coefficient (Wildman–Crippen LogP) is 4.44. The number of aryl methyl sites for hydroxylation is 1. The molecule has 0 radical (unpaired) electrons. The summed E-state index contributed by atoms with van der Waals surface area (Å²) in [6.45, 7) is 10.3. The fourth-order valence-electron chi connectivity index (χ4n) is 4.02. The highest BCUT2D eigenvalue weighted by molar-refractivity contribution is 5.88. The highest BCUT2D eigenvalue weighted by atomic mass is 16.5. The Kier molecular flexibility index (Phi) is 8.99. The van der Waals surface area contributed by atoms with E-state index in [1.807, 2.05) is 19.1 Å². The van der Waals surface area contributed by atoms with Gasteiger partial charge in [-0.2, -0.15) is 0 Å². The van der Waals surface area contributed by atoms with Gasteiger partial charge in [0.05, 0.1) is 31.7 Å². The largest absolute Gasteiger partial charge is 0.497 e. The van der Waals surface area contributed by atoms with Crippen LogP contribution in [0, 0.1) is 25.7 Å². The van der Waals surface area contributed by atoms with Crippen molar-refractivity contribution < 1.29 is 28.6 Å². The maximum absolute atomic E-state index is 13.4. The Hall–Kier alpha value is -2.93. The summed E-state index contributed by atoms with van der Waals surface area (Å²) in [5.74, 6) is -2.06. The van der Waals surface area contributed by atoms with Crippen LogP contribution in [0.2, 0.25) is 0 Å². The number of hydrogen-bond acceptors (Lipinski definition) is 6. The van der Waals surface area contributed by atoms with Gasteiger partial charge in [-0.25, -0.2) is 0 Å². The summed E-state index contributed by atoms with van der Waals surface area (Å²) in [5, 5.41) is 9.62. The number of carbonyl (C=O) groups excluding carboxylic acids is 1. The molecule has 0 aliphatic carbocycles. The van der Waals surface area contributed by atoms with Gasteiger partial charge in [-0.05, 0) is 45.4 Å². The van der Waals surface area contributed by atoms with Crippen molar-refractivity contribution >= 4 is 11.8 Å². The molecule has 0 bridgehead atoms. The van der Waals surface area contributed by atoms with Crippen molar-refractivity contribution in [2.24, 2.45) is 11.8 Å². The van der Waals surface area contributed by atoms with E-state index < -0.39 is 29.8 Å². The van der Waals surface area contributed by atoms with Crippen LogP contribution >= 0.6 is 0 Å². The molecule has 33 heavy (non-hydrogen) atoms. The molecule has 4 atom stereocenters. The normalized spacial score (nSPS) is 14.9. The van der Waals surface area contributed by atoms with Gasteiger partial charge < -0.3 is 19.0 Å². The molecule has 7 heteroatoms. The lowest BCUT2D eigenvalue weighted by Crippen LogP contribution is -2.39. The fourth-order valence-corrected chi connectivity index (χ4v) is 4.02. The summed E-state index contributed by atoms with van der Waals surface area (Å²) in [5.41, 5.74) is 1.65. The third-order valence-corrected chi connectivity index (χ3v) is 6.27. The number of ether oxygens (including phenoxy) is 2. The summed E-state index contributed by atoms with van der Waals surface area (Å²) in [6, 6.07) is 7.23. The fraction of sp³-hybridized carbons (Fsp3) is 0.500. The van der Waals surface area contributed by atoms with Crippen molar-refractivity contribution in [2.45, 2.75) is 66.6 Å². The molecule has 0 fully saturated rings. The van der Waals surface area contributed by atoms with Crippen LogP contribution in [0.15, 0.2) is 33.5 Å². The predicted molar refractivity (Wildman–Crippen MR) is 125 cm³/mol. The van der Waals surface area contributed by atoms with E-state index in [1.165, 1.54) is 6.92 Å². The first-order valence-corrected chi connectivity index (χ1v) is 11.2. The standard InChI is InChI=1S/C26H34O7/c1-8-21-14(2)22(27)16(4)25(33-21)17(5)23(28)15(3)24(18(6)26(29)30)32-13-19-9-11-20(31-7)12-10-19/h9-12,15,17-18,24H,8,13H2,1-7H3,(H,29,30)/t15-,17-,18-,24-/m1/s1. The number of benzene rings is 1. The van der Waals surface area contributed by atoms with E-state index in [2.05, 4.69) is 0 Å². The molecule has 2 aromatic rings. The van der Waals surface area contributed by atoms with Gasteiger partial charge >= 0.3 is 5.97 Å². The lowest BCUT2D eigenvalue weighted by molar-refractivity contribution is -0.151. The Morgan fingerprint density at radius 2 is 1.64 bits per heavy atom. The van der Waals surface area contributed by atoms with Gasteiger partial charge in [-0.3, -0.25) is 14.4 Å². The highest BCUT2D eigenvalue weighted by Gasteiger charge is 2.37. The van der Waals surface area contributed by atoms with Gasteiger partial charge in [0.15, 0.2) is 5.43 Å². The van der Waals surface area contributed by atoms with Crippen molar-refractivity contribution in [1.29, 1.82) is 0 Å². The zero-order chi connectivity index (χ0) is 24.9. The Labute approximate surface area is 194 Å². The molecule has 0 aliphatic heterocycles. The summed E-state index contributed by atoms with van der Waals surface area (Å²) in [6.07, 6.45) is -0.322. The minimum absolute atomic E-state index is 0.133. The summed E-state index contributed by atoms with van der Waals surface area (Å²) < 4.78 is 17.1. The summed E-state index contributed by atoms with van der Waals surface area (Å²) in [4.78, 5) is 37.8. The maximum atomic E-state index is 13.4. The van der Waals surface area contributed by atoms with Crippen LogP contribution in [0.5, 0.6) is 5.75 Å². The van der Waals surface area contributed by atoms with E-state index in [0.717, 1.165) is 5.56 Å². The second kappa shape index (κ2) is 11.3. The lowest BCUT2D eigenvalue weighted by Gasteiger charge is -2.28. The minimum Gasteiger partial charge on any atom is -0.497 e. The number of carbonyl (C=O) groups is 2. The monoisotopic (exact) mass is 458 g/mol. The highest BCUT2D eigenvalue weighted by Crippen LogP contribution is 2.29. The van der Waals surface area contributed by atoms with Crippen LogP contribution in [0.3, 0.4) is 0 Å². The van der Waals surface area contributed by atoms with Gasteiger partial charge in [-0.1, -0.05) is 26.0 Å². The number of carboxylic acid groups (broad SMARTS) is 1. The molecule has 180 valence electrons. The molecular formula is C26H34O7. The second-order valence-electron chi connectivity index (χ2n) is 8.49. The molecule has 0 aliphatic rings. The number of aliphatic carboxylic acids is 1. The Morgan fingerprint density at radius 3 is 2.15 bits per heavy atom. The molecule has 1 N–H and O–H groups in total. The number of hydrogen-bond donors (Lipinski definition) is 1. The number of methoxy groups -OCH3 is 1. The Morgan fingerprint density at radius 1 is 1.03 bits per heavy atom. The first-order valence-electron chi connectivity index (χ1n) is 11.2. The van der Waals surface area contributed by atoms with Crippen molar-refractivity contribution in [3.63, 3.8) is 0 Å². The second-order valence-corrected chi connectivity index (χ2v) is 8.49. The van der Waals surface area contributed by atoms with Gasteiger partial charge in [0, 0.05) is 23.5 Å². The van der Waals surface area contributed by atoms with E-state index in [-0.39, 0.29) is 17.8 Å². The Bertz CT molecular complexity index is 1040. The maximum Gasteiger partial charge on any atom is 0.308 e. The zero-order valence-corrected chi connectivity index (χ0v) is 20.4. The SMILES string of the molecule is CCc1oc([C@H](C)C(=O)[C@@H](C)[C@@H](OCc2ccc(OC)cc2)[C@@H](C)C(=O)O)c(C)c(=O)c1C. The van der Waals surface area contributed by atoms with Crippen LogP contribution in [0.1, 0.15) is 61.8 Å². The molecule has 2 rings (SSSR count). The van der Waals surface area contributed by atoms with Crippen molar-refractivity contribution in [3.05, 3.63) is 62.7 Å². The topological polar surface area (TPSA) is 103 Å². The average molecular weight is 459 g/mol. The lowest BCUT2D eigenvalue weighted by atomic mass is 9.83. The van der Waals surface area contributed by atoms with Crippen LogP contribution in [-0.4, -0.2) is 30.1 Å². The van der Waals surface area contributed by atoms with E-state index >= 15 is 0 Å². The molecule has 0 saturated heterocycles. The molecule has 1 aromatic carbocycles. The average Bonchev–Trinajstić information content (AvgIpc) is 2.82. The van der Waals surface area contributed by atoms with E-state index in [4.69, 9.17) is 13.9 Å². The Balaban J connectivity index is 2.30. The quantitative estimate of drug-likeness (QED) is 0.531. The first-order chi connectivity index (χ1) is 15.5. The van der Waals surface area contributed by atoms with Gasteiger partial charge in [0.25, 0.3) is 0 Å². The van der Waals surface area contributed by atoms with Crippen LogP contribution in [0.25, 0.3) is 0 Å². The number of Topliss-reactive ketones (excluding diaryl/α,β-unsaturated/α-hetero) is 1. The molecular weight excluding hydrogens is 424 g/mol. The third kappa shape index (κ3) is 5.90. The van der Waals surface area contributed by atoms with Gasteiger partial charge in [0.2, 0.25) is 0 Å². The number of carboxylic acids is 1. The van der Waals surface area contributed by atoms with Crippen LogP contribution in [-0.2, 0) is 27.4 Å².